The number of carbonyl (C=O) groups is 2. The van der Waals surface area contributed by atoms with Gasteiger partial charge in [0, 0.05) is 12.3 Å². The fraction of sp³-hybridized carbons (Fsp3) is 0. The van der Waals surface area contributed by atoms with Gasteiger partial charge in [0.05, 0.1) is 11.1 Å². The topological polar surface area (TPSA) is 119 Å². The maximum absolute atomic E-state index is 11.1. The quantitative estimate of drug-likeness (QED) is 0.334. The Hall–Kier alpha value is -4.98. The van der Waals surface area contributed by atoms with Crippen molar-refractivity contribution in [2.24, 2.45) is 0 Å². The molecule has 0 saturated heterocycles. The fourth-order valence-corrected chi connectivity index (χ4v) is 3.50. The molecule has 4 aromatic carbocycles. The summed E-state index contributed by atoms with van der Waals surface area (Å²) < 4.78 is 11.6. The number of hydrogen-bond acceptors (Lipinski definition) is 6. The van der Waals surface area contributed by atoms with Gasteiger partial charge in [-0.05, 0) is 70.1 Å². The molecule has 0 saturated carbocycles. The van der Waals surface area contributed by atoms with Gasteiger partial charge in [0.1, 0.15) is 11.5 Å². The van der Waals surface area contributed by atoms with E-state index in [1.807, 2.05) is 0 Å². The Morgan fingerprint density at radius 3 is 1.68 bits per heavy atom. The maximum atomic E-state index is 11.1. The van der Waals surface area contributed by atoms with Gasteiger partial charge >= 0.3 is 17.9 Å². The molecule has 1 heterocycles. The second-order valence-electron chi connectivity index (χ2n) is 7.44. The van der Waals surface area contributed by atoms with Gasteiger partial charge < -0.3 is 19.7 Å². The van der Waals surface area contributed by atoms with E-state index in [2.05, 4.69) is 9.97 Å². The van der Waals surface area contributed by atoms with E-state index in [1.54, 1.807) is 66.7 Å². The molecule has 0 spiro atoms. The van der Waals surface area contributed by atoms with Crippen LogP contribution in [0.2, 0.25) is 0 Å². The Balaban J connectivity index is 1.35. The number of benzene rings is 4. The summed E-state index contributed by atoms with van der Waals surface area (Å²) in [5, 5.41) is 21.5. The van der Waals surface area contributed by atoms with Crippen molar-refractivity contribution in [3.05, 3.63) is 96.2 Å². The third-order valence-electron chi connectivity index (χ3n) is 5.16. The molecule has 34 heavy (non-hydrogen) atoms. The van der Waals surface area contributed by atoms with E-state index < -0.39 is 11.9 Å². The van der Waals surface area contributed by atoms with E-state index in [9.17, 15) is 9.59 Å². The van der Waals surface area contributed by atoms with Gasteiger partial charge in [-0.2, -0.15) is 4.98 Å². The molecule has 0 bridgehead atoms. The number of hydrogen-bond donors (Lipinski definition) is 2. The zero-order chi connectivity index (χ0) is 23.7. The largest absolute Gasteiger partial charge is 0.478 e. The van der Waals surface area contributed by atoms with Crippen LogP contribution >= 0.6 is 0 Å². The minimum absolute atomic E-state index is 0.0888. The zero-order valence-corrected chi connectivity index (χ0v) is 17.5. The van der Waals surface area contributed by atoms with Gasteiger partial charge in [0.25, 0.3) is 0 Å². The highest BCUT2D eigenvalue weighted by molar-refractivity contribution is 5.95. The summed E-state index contributed by atoms with van der Waals surface area (Å²) >= 11 is 0. The number of carboxylic acids is 2. The molecule has 166 valence electrons. The summed E-state index contributed by atoms with van der Waals surface area (Å²) in [5.74, 6) is -0.665. The lowest BCUT2D eigenvalue weighted by atomic mass is 10.1. The number of fused-ring (bicyclic) bond motifs is 2. The van der Waals surface area contributed by atoms with Crippen LogP contribution in [0.5, 0.6) is 23.4 Å². The minimum atomic E-state index is -0.983. The van der Waals surface area contributed by atoms with Crippen LogP contribution in [0.3, 0.4) is 0 Å². The van der Waals surface area contributed by atoms with Crippen LogP contribution < -0.4 is 9.47 Å². The Morgan fingerprint density at radius 1 is 0.618 bits per heavy atom. The molecule has 0 aliphatic heterocycles. The average molecular weight is 452 g/mol. The molecule has 0 amide bonds. The highest BCUT2D eigenvalue weighted by Gasteiger charge is 2.09. The zero-order valence-electron chi connectivity index (χ0n) is 17.5. The van der Waals surface area contributed by atoms with E-state index >= 15 is 0 Å². The first-order valence-electron chi connectivity index (χ1n) is 10.2. The number of nitrogens with zero attached hydrogens (tertiary/aromatic N) is 2. The molecule has 5 rings (SSSR count). The van der Waals surface area contributed by atoms with Crippen LogP contribution in [0.4, 0.5) is 0 Å². The summed E-state index contributed by atoms with van der Waals surface area (Å²) in [7, 11) is 0. The Morgan fingerprint density at radius 2 is 1.12 bits per heavy atom. The number of aromatic nitrogens is 2. The van der Waals surface area contributed by atoms with Crippen molar-refractivity contribution in [3.63, 3.8) is 0 Å². The number of carboxylic acid groups (broad SMARTS) is 2. The first-order chi connectivity index (χ1) is 16.4. The van der Waals surface area contributed by atoms with Gasteiger partial charge in [-0.1, -0.05) is 24.3 Å². The highest BCUT2D eigenvalue weighted by Crippen LogP contribution is 2.28. The first kappa shape index (κ1) is 20.9. The third kappa shape index (κ3) is 4.33. The van der Waals surface area contributed by atoms with E-state index in [0.29, 0.717) is 11.5 Å². The SMILES string of the molecule is O=C(O)c1ccc2cc(Oc3ccnc(Oc4ccc5cc(C(=O)O)ccc5c4)n3)ccc2c1. The van der Waals surface area contributed by atoms with E-state index in [1.165, 1.54) is 18.3 Å². The molecule has 0 aliphatic rings. The smallest absolute Gasteiger partial charge is 0.335 e. The predicted octanol–water partition coefficient (Wildman–Crippen LogP) is 5.76. The molecule has 0 unspecified atom stereocenters. The summed E-state index contributed by atoms with van der Waals surface area (Å²) in [6.45, 7) is 0. The van der Waals surface area contributed by atoms with Crippen molar-refractivity contribution in [2.45, 2.75) is 0 Å². The third-order valence-corrected chi connectivity index (χ3v) is 5.16. The van der Waals surface area contributed by atoms with E-state index in [4.69, 9.17) is 19.7 Å². The van der Waals surface area contributed by atoms with Crippen LogP contribution in [-0.4, -0.2) is 32.1 Å². The maximum Gasteiger partial charge on any atom is 0.335 e. The lowest BCUT2D eigenvalue weighted by molar-refractivity contribution is 0.0686. The van der Waals surface area contributed by atoms with Crippen LogP contribution in [-0.2, 0) is 0 Å². The van der Waals surface area contributed by atoms with Crippen molar-refractivity contribution >= 4 is 33.5 Å². The standard InChI is InChI=1S/C26H16N2O6/c29-24(30)19-3-1-17-13-21(7-5-15(17)11-19)33-23-9-10-27-26(28-23)34-22-8-6-16-12-20(25(31)32)4-2-18(16)14-22/h1-14H,(H,29,30)(H,31,32). The van der Waals surface area contributed by atoms with Crippen molar-refractivity contribution in [1.29, 1.82) is 0 Å². The van der Waals surface area contributed by atoms with Crippen molar-refractivity contribution in [2.75, 3.05) is 0 Å². The van der Waals surface area contributed by atoms with Crippen LogP contribution in [0.15, 0.2) is 85.1 Å². The van der Waals surface area contributed by atoms with Crippen LogP contribution in [0, 0.1) is 0 Å². The molecule has 0 atom stereocenters. The minimum Gasteiger partial charge on any atom is -0.478 e. The monoisotopic (exact) mass is 452 g/mol. The molecule has 8 nitrogen and oxygen atoms in total. The Bertz CT molecular complexity index is 1470. The molecular formula is C26H16N2O6. The second-order valence-corrected chi connectivity index (χ2v) is 7.44. The van der Waals surface area contributed by atoms with Gasteiger partial charge in [-0.3, -0.25) is 0 Å². The van der Waals surface area contributed by atoms with Crippen LogP contribution in [0.1, 0.15) is 20.7 Å². The molecular weight excluding hydrogens is 436 g/mol. The Kier molecular flexibility index (Phi) is 5.23. The van der Waals surface area contributed by atoms with Crippen molar-refractivity contribution in [1.82, 2.24) is 9.97 Å². The molecule has 0 radical (unpaired) electrons. The number of aromatic carboxylic acids is 2. The van der Waals surface area contributed by atoms with Crippen LogP contribution in [0.25, 0.3) is 21.5 Å². The Labute approximate surface area is 192 Å². The summed E-state index contributed by atoms with van der Waals surface area (Å²) in [4.78, 5) is 30.7. The second kappa shape index (κ2) is 8.51. The van der Waals surface area contributed by atoms with E-state index in [-0.39, 0.29) is 23.0 Å². The molecule has 0 fully saturated rings. The fourth-order valence-electron chi connectivity index (χ4n) is 3.50. The van der Waals surface area contributed by atoms with Gasteiger partial charge in [-0.15, -0.1) is 0 Å². The molecule has 0 aliphatic carbocycles. The summed E-state index contributed by atoms with van der Waals surface area (Å²) in [5.41, 5.74) is 0.431. The van der Waals surface area contributed by atoms with E-state index in [0.717, 1.165) is 21.5 Å². The number of rotatable bonds is 6. The average Bonchev–Trinajstić information content (AvgIpc) is 2.83. The van der Waals surface area contributed by atoms with Gasteiger partial charge in [0.2, 0.25) is 5.88 Å². The van der Waals surface area contributed by atoms with Crippen molar-refractivity contribution in [3.8, 4) is 23.4 Å². The highest BCUT2D eigenvalue weighted by atomic mass is 16.5. The van der Waals surface area contributed by atoms with Gasteiger partial charge in [-0.25, -0.2) is 14.6 Å². The predicted molar refractivity (Wildman–Crippen MR) is 124 cm³/mol. The summed E-state index contributed by atoms with van der Waals surface area (Å²) in [6, 6.07) is 21.9. The molecule has 8 heteroatoms. The van der Waals surface area contributed by atoms with Gasteiger partial charge in [0.15, 0.2) is 0 Å². The molecule has 2 N–H and O–H groups in total. The summed E-state index contributed by atoms with van der Waals surface area (Å²) in [6.07, 6.45) is 1.51. The number of ether oxygens (including phenoxy) is 2. The lowest BCUT2D eigenvalue weighted by Gasteiger charge is -2.09. The lowest BCUT2D eigenvalue weighted by Crippen LogP contribution is -1.96. The first-order valence-corrected chi connectivity index (χ1v) is 10.2. The normalized spacial score (nSPS) is 10.8. The molecule has 5 aromatic rings. The molecule has 1 aromatic heterocycles. The van der Waals surface area contributed by atoms with Crippen molar-refractivity contribution < 1.29 is 29.3 Å².